The molecule has 0 fully saturated rings. The summed E-state index contributed by atoms with van der Waals surface area (Å²) >= 11 is 0. The predicted molar refractivity (Wildman–Crippen MR) is 110 cm³/mol. The van der Waals surface area contributed by atoms with Gasteiger partial charge in [-0.1, -0.05) is 30.3 Å². The molecular formula is C19H27FN3O6P. The summed E-state index contributed by atoms with van der Waals surface area (Å²) in [6.45, 7) is 3.18. The first-order valence-electron chi connectivity index (χ1n) is 9.51. The Hall–Kier alpha value is -2.10. The van der Waals surface area contributed by atoms with Crippen LogP contribution in [0.15, 0.2) is 47.4 Å². The van der Waals surface area contributed by atoms with Crippen LogP contribution < -0.4 is 11.4 Å². The zero-order chi connectivity index (χ0) is 22.0. The van der Waals surface area contributed by atoms with E-state index in [1.165, 1.54) is 16.8 Å². The van der Waals surface area contributed by atoms with Gasteiger partial charge in [0.15, 0.2) is 0 Å². The van der Waals surface area contributed by atoms with Crippen LogP contribution in [0.4, 0.5) is 10.2 Å². The van der Waals surface area contributed by atoms with Crippen molar-refractivity contribution >= 4 is 13.4 Å². The van der Waals surface area contributed by atoms with Crippen LogP contribution in [0.25, 0.3) is 0 Å². The Morgan fingerprint density at radius 3 is 2.43 bits per heavy atom. The van der Waals surface area contributed by atoms with Gasteiger partial charge in [0.2, 0.25) is 0 Å². The first-order chi connectivity index (χ1) is 14.4. The van der Waals surface area contributed by atoms with Gasteiger partial charge < -0.3 is 24.3 Å². The molecule has 0 saturated heterocycles. The van der Waals surface area contributed by atoms with Crippen molar-refractivity contribution in [3.05, 3.63) is 58.6 Å². The van der Waals surface area contributed by atoms with Crippen LogP contribution in [0, 0.1) is 0 Å². The number of nitrogens with zero attached hydrogens (tertiary/aromatic N) is 2. The summed E-state index contributed by atoms with van der Waals surface area (Å²) in [6.07, 6.45) is -1.91. The number of rotatable bonds is 13. The normalized spacial score (nSPS) is 13.8. The van der Waals surface area contributed by atoms with Gasteiger partial charge in [-0.3, -0.25) is 9.13 Å². The van der Waals surface area contributed by atoms with Crippen molar-refractivity contribution in [3.8, 4) is 0 Å². The molecule has 30 heavy (non-hydrogen) atoms. The SMILES string of the molecule is CCOP(=O)(OCC)C(F)OC(COCc1ccccc1)Cn1ccc(N)nc1=O. The van der Waals surface area contributed by atoms with E-state index in [0.29, 0.717) is 0 Å². The highest BCUT2D eigenvalue weighted by molar-refractivity contribution is 7.54. The predicted octanol–water partition coefficient (Wildman–Crippen LogP) is 2.95. The molecule has 0 radical (unpaired) electrons. The van der Waals surface area contributed by atoms with E-state index < -0.39 is 25.5 Å². The first kappa shape index (κ1) is 24.2. The minimum Gasteiger partial charge on any atom is -0.383 e. The number of nitrogen functional groups attached to an aromatic ring is 1. The van der Waals surface area contributed by atoms with Crippen LogP contribution in [-0.4, -0.2) is 41.6 Å². The first-order valence-corrected chi connectivity index (χ1v) is 11.1. The lowest BCUT2D eigenvalue weighted by molar-refractivity contribution is -0.0931. The second kappa shape index (κ2) is 11.9. The minimum atomic E-state index is -4.15. The quantitative estimate of drug-likeness (QED) is 0.470. The molecule has 0 saturated carbocycles. The Kier molecular flexibility index (Phi) is 9.61. The van der Waals surface area contributed by atoms with Crippen molar-refractivity contribution in [2.24, 2.45) is 0 Å². The van der Waals surface area contributed by atoms with Crippen LogP contribution >= 0.6 is 7.60 Å². The van der Waals surface area contributed by atoms with E-state index in [9.17, 15) is 13.8 Å². The van der Waals surface area contributed by atoms with Gasteiger partial charge in [-0.25, -0.2) is 9.18 Å². The number of benzene rings is 1. The smallest absolute Gasteiger partial charge is 0.383 e. The van der Waals surface area contributed by atoms with Crippen LogP contribution in [-0.2, 0) is 36.2 Å². The highest BCUT2D eigenvalue weighted by Crippen LogP contribution is 2.54. The van der Waals surface area contributed by atoms with E-state index in [-0.39, 0.29) is 38.8 Å². The summed E-state index contributed by atoms with van der Waals surface area (Å²) in [5.41, 5.74) is 5.78. The Morgan fingerprint density at radius 2 is 1.83 bits per heavy atom. The van der Waals surface area contributed by atoms with Crippen molar-refractivity contribution in [1.82, 2.24) is 9.55 Å². The number of hydrogen-bond donors (Lipinski definition) is 1. The summed E-state index contributed by atoms with van der Waals surface area (Å²) in [7, 11) is -4.15. The molecule has 1 aromatic heterocycles. The van der Waals surface area contributed by atoms with E-state index in [4.69, 9.17) is 24.3 Å². The van der Waals surface area contributed by atoms with Gasteiger partial charge in [0.1, 0.15) is 11.9 Å². The Balaban J connectivity index is 2.12. The molecule has 1 aromatic carbocycles. The van der Waals surface area contributed by atoms with Gasteiger partial charge >= 0.3 is 19.4 Å². The molecule has 2 N–H and O–H groups in total. The lowest BCUT2D eigenvalue weighted by atomic mass is 10.2. The highest BCUT2D eigenvalue weighted by atomic mass is 31.2. The summed E-state index contributed by atoms with van der Waals surface area (Å²) < 4.78 is 49.5. The van der Waals surface area contributed by atoms with E-state index in [2.05, 4.69) is 4.98 Å². The van der Waals surface area contributed by atoms with Crippen LogP contribution in [0.1, 0.15) is 19.4 Å². The van der Waals surface area contributed by atoms with Gasteiger partial charge in [0.25, 0.3) is 0 Å². The molecular weight excluding hydrogens is 416 g/mol. The van der Waals surface area contributed by atoms with E-state index in [0.717, 1.165) is 5.56 Å². The Morgan fingerprint density at radius 1 is 1.17 bits per heavy atom. The second-order valence-electron chi connectivity index (χ2n) is 6.21. The standard InChI is InChI=1S/C19H27FN3O6P/c1-3-27-30(25,28-4-2)18(20)29-16(12-23-11-10-17(21)22-19(23)24)14-26-13-15-8-6-5-7-9-15/h5-11,16,18H,3-4,12-14H2,1-2H3,(H2,21,22,24). The average molecular weight is 443 g/mol. The summed E-state index contributed by atoms with van der Waals surface area (Å²) in [6, 6.07) is 10.8. The van der Waals surface area contributed by atoms with Gasteiger partial charge in [-0.2, -0.15) is 4.98 Å². The van der Waals surface area contributed by atoms with Crippen molar-refractivity contribution < 1.29 is 27.5 Å². The summed E-state index contributed by atoms with van der Waals surface area (Å²) in [5, 5.41) is 0. The monoisotopic (exact) mass is 443 g/mol. The van der Waals surface area contributed by atoms with Crippen molar-refractivity contribution in [3.63, 3.8) is 0 Å². The maximum absolute atomic E-state index is 14.8. The Labute approximate surface area is 174 Å². The molecule has 0 aliphatic carbocycles. The summed E-state index contributed by atoms with van der Waals surface area (Å²) in [5.74, 6) is 0.0645. The third kappa shape index (κ3) is 7.30. The van der Waals surface area contributed by atoms with Crippen molar-refractivity contribution in [2.45, 2.75) is 39.2 Å². The van der Waals surface area contributed by atoms with Gasteiger partial charge in [-0.05, 0) is 25.5 Å². The fraction of sp³-hybridized carbons (Fsp3) is 0.474. The molecule has 9 nitrogen and oxygen atoms in total. The third-order valence-electron chi connectivity index (χ3n) is 3.88. The fourth-order valence-corrected chi connectivity index (χ4v) is 3.92. The molecule has 11 heteroatoms. The van der Waals surface area contributed by atoms with Crippen LogP contribution in [0.5, 0.6) is 0 Å². The van der Waals surface area contributed by atoms with Gasteiger partial charge in [-0.15, -0.1) is 0 Å². The number of alkyl halides is 1. The van der Waals surface area contributed by atoms with Crippen molar-refractivity contribution in [1.29, 1.82) is 0 Å². The zero-order valence-electron chi connectivity index (χ0n) is 17.0. The maximum atomic E-state index is 14.8. The van der Waals surface area contributed by atoms with E-state index in [1.807, 2.05) is 30.3 Å². The number of nitrogens with two attached hydrogens (primary N) is 1. The molecule has 0 bridgehead atoms. The largest absolute Gasteiger partial charge is 0.391 e. The molecule has 0 amide bonds. The number of ether oxygens (including phenoxy) is 2. The molecule has 0 spiro atoms. The molecule has 2 rings (SSSR count). The topological polar surface area (TPSA) is 115 Å². The number of hydrogen-bond acceptors (Lipinski definition) is 8. The van der Waals surface area contributed by atoms with Crippen molar-refractivity contribution in [2.75, 3.05) is 25.6 Å². The molecule has 0 aliphatic rings. The van der Waals surface area contributed by atoms with Crippen LogP contribution in [0.2, 0.25) is 0 Å². The molecule has 1 heterocycles. The highest BCUT2D eigenvalue weighted by Gasteiger charge is 2.39. The van der Waals surface area contributed by atoms with Crippen LogP contribution in [0.3, 0.4) is 0 Å². The maximum Gasteiger partial charge on any atom is 0.391 e. The third-order valence-corrected chi connectivity index (χ3v) is 5.74. The number of anilines is 1. The summed E-state index contributed by atoms with van der Waals surface area (Å²) in [4.78, 5) is 15.7. The Bertz CT molecular complexity index is 872. The van der Waals surface area contributed by atoms with E-state index in [1.54, 1.807) is 13.8 Å². The fourth-order valence-electron chi connectivity index (χ4n) is 2.57. The van der Waals surface area contributed by atoms with Gasteiger partial charge in [0.05, 0.1) is 33.0 Å². The number of halogens is 1. The second-order valence-corrected chi connectivity index (χ2v) is 8.22. The molecule has 2 unspecified atom stereocenters. The number of aromatic nitrogens is 2. The lowest BCUT2D eigenvalue weighted by Gasteiger charge is -2.25. The zero-order valence-corrected chi connectivity index (χ0v) is 17.9. The molecule has 2 aromatic rings. The van der Waals surface area contributed by atoms with Gasteiger partial charge in [0, 0.05) is 6.20 Å². The average Bonchev–Trinajstić information content (AvgIpc) is 2.71. The molecule has 166 valence electrons. The molecule has 2 atom stereocenters. The van der Waals surface area contributed by atoms with E-state index >= 15 is 0 Å². The lowest BCUT2D eigenvalue weighted by Crippen LogP contribution is -2.34. The molecule has 0 aliphatic heterocycles. The minimum absolute atomic E-state index is 0.0163.